The van der Waals surface area contributed by atoms with Crippen LogP contribution in [0.25, 0.3) is 5.69 Å². The van der Waals surface area contributed by atoms with Gasteiger partial charge in [-0.05, 0) is 93.9 Å². The molecule has 4 aromatic rings. The molecule has 50 heavy (non-hydrogen) atoms. The van der Waals surface area contributed by atoms with Gasteiger partial charge in [0.1, 0.15) is 30.0 Å². The molecule has 0 bridgehead atoms. The number of hydrogen-bond donors (Lipinski definition) is 1. The lowest BCUT2D eigenvalue weighted by molar-refractivity contribution is -0.137. The van der Waals surface area contributed by atoms with Crippen molar-refractivity contribution in [3.63, 3.8) is 0 Å². The van der Waals surface area contributed by atoms with E-state index in [1.807, 2.05) is 22.5 Å². The molecule has 14 heteroatoms. The van der Waals surface area contributed by atoms with Crippen molar-refractivity contribution in [2.24, 2.45) is 12.8 Å². The van der Waals surface area contributed by atoms with E-state index in [4.69, 9.17) is 25.4 Å². The molecule has 1 amide bonds. The number of amides is 1. The maximum absolute atomic E-state index is 13.1. The average Bonchev–Trinajstić information content (AvgIpc) is 3.87. The summed E-state index contributed by atoms with van der Waals surface area (Å²) in [6.07, 6.45) is 14.3. The first-order valence-electron chi connectivity index (χ1n) is 17.9. The van der Waals surface area contributed by atoms with E-state index in [1.54, 1.807) is 0 Å². The van der Waals surface area contributed by atoms with E-state index >= 15 is 0 Å². The highest BCUT2D eigenvalue weighted by atomic mass is 19.4. The third-order valence-electron chi connectivity index (χ3n) is 11.0. The maximum Gasteiger partial charge on any atom is 0.416 e. The van der Waals surface area contributed by atoms with Crippen LogP contribution < -0.4 is 10.5 Å². The topological polar surface area (TPSA) is 128 Å². The molecule has 11 nitrogen and oxygen atoms in total. The number of alkyl halides is 3. The summed E-state index contributed by atoms with van der Waals surface area (Å²) >= 11 is 0. The van der Waals surface area contributed by atoms with Crippen LogP contribution in [0.15, 0.2) is 42.9 Å². The van der Waals surface area contributed by atoms with Gasteiger partial charge in [-0.25, -0.2) is 9.48 Å². The third kappa shape index (κ3) is 7.53. The highest BCUT2D eigenvalue weighted by Gasteiger charge is 2.33. The molecule has 268 valence electrons. The summed E-state index contributed by atoms with van der Waals surface area (Å²) in [6, 6.07) is 5.11. The summed E-state index contributed by atoms with van der Waals surface area (Å²) in [5.74, 6) is 2.64. The van der Waals surface area contributed by atoms with Gasteiger partial charge in [-0.1, -0.05) is 25.3 Å². The molecule has 2 N–H and O–H groups in total. The Bertz CT molecular complexity index is 1760. The van der Waals surface area contributed by atoms with Crippen molar-refractivity contribution in [1.29, 1.82) is 0 Å². The number of nitrogens with zero attached hydrogens (tertiary/aromatic N) is 7. The summed E-state index contributed by atoms with van der Waals surface area (Å²) < 4.78 is 56.2. The number of carbonyl (C=O) groups is 1. The van der Waals surface area contributed by atoms with Gasteiger partial charge >= 0.3 is 12.3 Å². The molecule has 3 aliphatic rings. The second-order valence-electron chi connectivity index (χ2n) is 14.2. The largest absolute Gasteiger partial charge is 0.486 e. The number of primary amides is 1. The average molecular weight is 695 g/mol. The fraction of sp³-hybridized carbons (Fsp3) is 0.583. The summed E-state index contributed by atoms with van der Waals surface area (Å²) in [5, 5.41) is 18.7. The molecular formula is C36H45F3N8O3. The number of hydrogen-bond acceptors (Lipinski definition) is 7. The van der Waals surface area contributed by atoms with Crippen molar-refractivity contribution in [1.82, 2.24) is 34.3 Å². The highest BCUT2D eigenvalue weighted by Crippen LogP contribution is 2.42. The molecule has 7 rings (SSSR count). The Labute approximate surface area is 289 Å². The first-order chi connectivity index (χ1) is 24.1. The molecule has 3 fully saturated rings. The predicted molar refractivity (Wildman–Crippen MR) is 178 cm³/mol. The fourth-order valence-electron chi connectivity index (χ4n) is 8.21. The van der Waals surface area contributed by atoms with Gasteiger partial charge < -0.3 is 19.8 Å². The van der Waals surface area contributed by atoms with E-state index in [0.717, 1.165) is 75.0 Å². The van der Waals surface area contributed by atoms with Gasteiger partial charge in [0.05, 0.1) is 29.7 Å². The van der Waals surface area contributed by atoms with Gasteiger partial charge in [0.15, 0.2) is 5.82 Å². The number of benzene rings is 1. The lowest BCUT2D eigenvalue weighted by Gasteiger charge is -2.29. The first-order valence-corrected chi connectivity index (χ1v) is 17.9. The summed E-state index contributed by atoms with van der Waals surface area (Å²) in [4.78, 5) is 11.3. The SMILES string of the molecule is Cn1c(COc2cccc(C(F)(F)F)c2)nnc1[C@H]1CC[C@H](n2cc(-n3cc([C@H]4CC[C@H](OC(N)=O)CC4)c(C4CCCCC4)n3)cn2)CC1. The van der Waals surface area contributed by atoms with Gasteiger partial charge in [-0.15, -0.1) is 10.2 Å². The molecule has 3 saturated carbocycles. The fourth-order valence-corrected chi connectivity index (χ4v) is 8.21. The van der Waals surface area contributed by atoms with Crippen molar-refractivity contribution in [2.75, 3.05) is 0 Å². The molecule has 0 spiro atoms. The monoisotopic (exact) mass is 694 g/mol. The minimum absolute atomic E-state index is 0.0266. The quantitative estimate of drug-likeness (QED) is 0.189. The Morgan fingerprint density at radius 3 is 2.38 bits per heavy atom. The second-order valence-corrected chi connectivity index (χ2v) is 14.2. The van der Waals surface area contributed by atoms with Crippen LogP contribution in [0.5, 0.6) is 5.75 Å². The predicted octanol–water partition coefficient (Wildman–Crippen LogP) is 7.86. The van der Waals surface area contributed by atoms with Gasteiger partial charge in [0, 0.05) is 25.1 Å². The molecule has 3 aromatic heterocycles. The van der Waals surface area contributed by atoms with Crippen LogP contribution in [0.4, 0.5) is 18.0 Å². The zero-order chi connectivity index (χ0) is 34.8. The molecular weight excluding hydrogens is 649 g/mol. The van der Waals surface area contributed by atoms with E-state index < -0.39 is 17.8 Å². The molecule has 0 unspecified atom stereocenters. The van der Waals surface area contributed by atoms with E-state index in [2.05, 4.69) is 27.3 Å². The molecule has 0 saturated heterocycles. The smallest absolute Gasteiger partial charge is 0.416 e. The summed E-state index contributed by atoms with van der Waals surface area (Å²) in [6.45, 7) is 0.0266. The minimum atomic E-state index is -4.43. The molecule has 3 heterocycles. The van der Waals surface area contributed by atoms with Gasteiger partial charge in [0.25, 0.3) is 0 Å². The molecule has 0 radical (unpaired) electrons. The lowest BCUT2D eigenvalue weighted by atomic mass is 9.78. The molecule has 3 aliphatic carbocycles. The number of nitrogens with two attached hydrogens (primary N) is 1. The Kier molecular flexibility index (Phi) is 9.87. The molecule has 0 atom stereocenters. The minimum Gasteiger partial charge on any atom is -0.486 e. The van der Waals surface area contributed by atoms with Crippen molar-refractivity contribution in [2.45, 2.75) is 126 Å². The number of aromatic nitrogens is 7. The van der Waals surface area contributed by atoms with E-state index in [9.17, 15) is 18.0 Å². The van der Waals surface area contributed by atoms with Gasteiger partial charge in [0.2, 0.25) is 0 Å². The van der Waals surface area contributed by atoms with Crippen LogP contribution in [0.3, 0.4) is 0 Å². The normalized spacial score (nSPS) is 23.5. The zero-order valence-electron chi connectivity index (χ0n) is 28.4. The lowest BCUT2D eigenvalue weighted by Crippen LogP contribution is -2.27. The van der Waals surface area contributed by atoms with Gasteiger partial charge in [-0.3, -0.25) is 4.68 Å². The molecule has 1 aromatic carbocycles. The van der Waals surface area contributed by atoms with Crippen LogP contribution in [0.2, 0.25) is 0 Å². The summed E-state index contributed by atoms with van der Waals surface area (Å²) in [5.41, 5.74) is 8.03. The van der Waals surface area contributed by atoms with Crippen LogP contribution in [0, 0.1) is 0 Å². The highest BCUT2D eigenvalue weighted by molar-refractivity contribution is 5.64. The van der Waals surface area contributed by atoms with Crippen molar-refractivity contribution in [3.05, 3.63) is 71.3 Å². The number of carbonyl (C=O) groups excluding carboxylic acids is 1. The van der Waals surface area contributed by atoms with Crippen molar-refractivity contribution >= 4 is 6.09 Å². The van der Waals surface area contributed by atoms with Crippen LogP contribution in [-0.2, 0) is 24.6 Å². The zero-order valence-corrected chi connectivity index (χ0v) is 28.4. The number of rotatable bonds is 9. The Morgan fingerprint density at radius 1 is 0.920 bits per heavy atom. The maximum atomic E-state index is 13.1. The Morgan fingerprint density at radius 2 is 1.66 bits per heavy atom. The van der Waals surface area contributed by atoms with Gasteiger partial charge in [-0.2, -0.15) is 23.4 Å². The Hall–Kier alpha value is -4.36. The summed E-state index contributed by atoms with van der Waals surface area (Å²) in [7, 11) is 1.88. The van der Waals surface area contributed by atoms with E-state index in [1.165, 1.54) is 55.5 Å². The first kappa shape index (κ1) is 34.1. The van der Waals surface area contributed by atoms with Crippen molar-refractivity contribution in [3.8, 4) is 11.4 Å². The third-order valence-corrected chi connectivity index (χ3v) is 11.0. The number of ether oxygens (including phenoxy) is 2. The second kappa shape index (κ2) is 14.5. The number of halogens is 3. The standard InChI is InChI=1S/C36H45F3N8O3/c1-45-32(22-49-30-9-5-8-26(18-30)36(37,38)39)42-43-34(45)25-10-14-27(15-11-25)46-20-28(19-41-46)47-21-31(33(44-47)24-6-3-2-4-7-24)23-12-16-29(17-13-23)50-35(40)48/h5,8-9,18-21,23-25,27,29H,2-4,6-7,10-17,22H2,1H3,(H2,40,48)/t23-,25-,27-,29-. The van der Waals surface area contributed by atoms with Crippen LogP contribution >= 0.6 is 0 Å². The van der Waals surface area contributed by atoms with Crippen LogP contribution in [0.1, 0.15) is 136 Å². The molecule has 0 aliphatic heterocycles. The van der Waals surface area contributed by atoms with Crippen molar-refractivity contribution < 1.29 is 27.4 Å². The van der Waals surface area contributed by atoms with E-state index in [0.29, 0.717) is 17.7 Å². The van der Waals surface area contributed by atoms with E-state index in [-0.39, 0.29) is 30.4 Å². The van der Waals surface area contributed by atoms with Crippen LogP contribution in [-0.4, -0.2) is 46.5 Å². The Balaban J connectivity index is 0.987.